The van der Waals surface area contributed by atoms with Gasteiger partial charge in [-0.1, -0.05) is 13.8 Å². The molecule has 0 aliphatic heterocycles. The van der Waals surface area contributed by atoms with Crippen LogP contribution in [0.5, 0.6) is 5.88 Å². The van der Waals surface area contributed by atoms with E-state index in [4.69, 9.17) is 10.5 Å². The molecule has 0 bridgehead atoms. The molecule has 16 heavy (non-hydrogen) atoms. The van der Waals surface area contributed by atoms with Crippen LogP contribution < -0.4 is 10.5 Å². The Morgan fingerprint density at radius 3 is 2.56 bits per heavy atom. The molecular formula is C11H20N4O. The molecule has 0 radical (unpaired) electrons. The number of hydrogen-bond donors (Lipinski definition) is 1. The number of nitrogens with two attached hydrogens (primary N) is 1. The number of nitrogens with zero attached hydrogens (tertiary/aromatic N) is 3. The van der Waals surface area contributed by atoms with Crippen molar-refractivity contribution in [2.45, 2.75) is 20.8 Å². The van der Waals surface area contributed by atoms with Crippen LogP contribution in [-0.2, 0) is 0 Å². The fraction of sp³-hybridized carbons (Fsp3) is 0.636. The molecule has 5 heteroatoms. The van der Waals surface area contributed by atoms with E-state index < -0.39 is 0 Å². The van der Waals surface area contributed by atoms with Gasteiger partial charge in [0.2, 0.25) is 5.88 Å². The van der Waals surface area contributed by atoms with Gasteiger partial charge >= 0.3 is 0 Å². The molecule has 0 spiro atoms. The van der Waals surface area contributed by atoms with Crippen LogP contribution in [0.2, 0.25) is 0 Å². The summed E-state index contributed by atoms with van der Waals surface area (Å²) in [4.78, 5) is 10.4. The zero-order valence-corrected chi connectivity index (χ0v) is 10.2. The third-order valence-electron chi connectivity index (χ3n) is 2.39. The minimum absolute atomic E-state index is 0.449. The lowest BCUT2D eigenvalue weighted by Gasteiger charge is -2.17. The monoisotopic (exact) mass is 224 g/mol. The summed E-state index contributed by atoms with van der Waals surface area (Å²) in [5, 5.41) is 0. The van der Waals surface area contributed by atoms with Crippen LogP contribution in [0.3, 0.4) is 0 Å². The summed E-state index contributed by atoms with van der Waals surface area (Å²) in [6.45, 7) is 9.66. The molecule has 1 aromatic rings. The molecule has 0 unspecified atom stereocenters. The Morgan fingerprint density at radius 1 is 1.31 bits per heavy atom. The topological polar surface area (TPSA) is 64.3 Å². The minimum atomic E-state index is 0.449. The van der Waals surface area contributed by atoms with Crippen LogP contribution in [0.4, 0.5) is 5.82 Å². The molecule has 2 N–H and O–H groups in total. The van der Waals surface area contributed by atoms with Gasteiger partial charge in [-0.05, 0) is 20.0 Å². The van der Waals surface area contributed by atoms with Crippen LogP contribution in [-0.4, -0.2) is 41.1 Å². The van der Waals surface area contributed by atoms with E-state index in [0.717, 1.165) is 19.6 Å². The highest BCUT2D eigenvalue weighted by molar-refractivity contribution is 5.32. The Kier molecular flexibility index (Phi) is 4.98. The number of likely N-dealkylation sites (N-methyl/N-ethyl adjacent to an activating group) is 1. The summed E-state index contributed by atoms with van der Waals surface area (Å²) in [6, 6.07) is 1.65. The first-order chi connectivity index (χ1) is 7.65. The molecule has 1 heterocycles. The van der Waals surface area contributed by atoms with Crippen LogP contribution in [0.15, 0.2) is 6.07 Å². The number of rotatable bonds is 6. The van der Waals surface area contributed by atoms with Crippen molar-refractivity contribution in [1.29, 1.82) is 0 Å². The molecule has 0 saturated carbocycles. The third-order valence-corrected chi connectivity index (χ3v) is 2.39. The van der Waals surface area contributed by atoms with E-state index in [-0.39, 0.29) is 0 Å². The van der Waals surface area contributed by atoms with Crippen molar-refractivity contribution >= 4 is 5.82 Å². The van der Waals surface area contributed by atoms with E-state index in [1.807, 2.05) is 0 Å². The number of ether oxygens (including phenoxy) is 1. The van der Waals surface area contributed by atoms with Gasteiger partial charge in [-0.2, -0.15) is 4.98 Å². The van der Waals surface area contributed by atoms with Crippen molar-refractivity contribution < 1.29 is 4.74 Å². The molecule has 0 amide bonds. The minimum Gasteiger partial charge on any atom is -0.476 e. The van der Waals surface area contributed by atoms with E-state index >= 15 is 0 Å². The first-order valence-electron chi connectivity index (χ1n) is 5.62. The maximum absolute atomic E-state index is 5.60. The van der Waals surface area contributed by atoms with Crippen LogP contribution in [0.1, 0.15) is 19.7 Å². The van der Waals surface area contributed by atoms with Crippen molar-refractivity contribution in [3.8, 4) is 5.88 Å². The first-order valence-corrected chi connectivity index (χ1v) is 5.62. The molecule has 0 atom stereocenters. The van der Waals surface area contributed by atoms with Gasteiger partial charge in [0.1, 0.15) is 18.2 Å². The Balaban J connectivity index is 2.42. The predicted octanol–water partition coefficient (Wildman–Crippen LogP) is 1.09. The second-order valence-corrected chi connectivity index (χ2v) is 3.55. The molecule has 1 aromatic heterocycles. The molecule has 90 valence electrons. The lowest BCUT2D eigenvalue weighted by Crippen LogP contribution is -2.28. The Hall–Kier alpha value is -1.36. The van der Waals surface area contributed by atoms with Gasteiger partial charge in [-0.3, -0.25) is 0 Å². The molecule has 0 aromatic carbocycles. The maximum atomic E-state index is 5.60. The van der Waals surface area contributed by atoms with Gasteiger partial charge in [0.15, 0.2) is 0 Å². The van der Waals surface area contributed by atoms with Crippen molar-refractivity contribution in [1.82, 2.24) is 14.9 Å². The fourth-order valence-electron chi connectivity index (χ4n) is 1.46. The molecule has 0 saturated heterocycles. The highest BCUT2D eigenvalue weighted by atomic mass is 16.5. The maximum Gasteiger partial charge on any atom is 0.218 e. The second kappa shape index (κ2) is 6.27. The number of hydrogen-bond acceptors (Lipinski definition) is 5. The van der Waals surface area contributed by atoms with Crippen molar-refractivity contribution in [3.63, 3.8) is 0 Å². The molecule has 0 aliphatic carbocycles. The summed E-state index contributed by atoms with van der Waals surface area (Å²) < 4.78 is 5.53. The Labute approximate surface area is 96.6 Å². The normalized spacial score (nSPS) is 10.8. The van der Waals surface area contributed by atoms with E-state index in [9.17, 15) is 0 Å². The predicted molar refractivity (Wildman–Crippen MR) is 64.5 cm³/mol. The van der Waals surface area contributed by atoms with Crippen LogP contribution in [0.25, 0.3) is 0 Å². The summed E-state index contributed by atoms with van der Waals surface area (Å²) in [7, 11) is 0. The summed E-state index contributed by atoms with van der Waals surface area (Å²) in [6.07, 6.45) is 0. The quantitative estimate of drug-likeness (QED) is 0.783. The number of aromatic nitrogens is 2. The fourth-order valence-corrected chi connectivity index (χ4v) is 1.46. The summed E-state index contributed by atoms with van der Waals surface area (Å²) in [5.74, 6) is 1.64. The van der Waals surface area contributed by atoms with Gasteiger partial charge < -0.3 is 15.4 Å². The van der Waals surface area contributed by atoms with Crippen molar-refractivity contribution in [2.75, 3.05) is 32.0 Å². The van der Waals surface area contributed by atoms with Gasteiger partial charge in [0.25, 0.3) is 0 Å². The third kappa shape index (κ3) is 4.02. The summed E-state index contributed by atoms with van der Waals surface area (Å²) >= 11 is 0. The second-order valence-electron chi connectivity index (χ2n) is 3.55. The van der Waals surface area contributed by atoms with Gasteiger partial charge in [0, 0.05) is 12.6 Å². The van der Waals surface area contributed by atoms with E-state index in [0.29, 0.717) is 24.1 Å². The molecule has 5 nitrogen and oxygen atoms in total. The lowest BCUT2D eigenvalue weighted by molar-refractivity contribution is 0.217. The molecular weight excluding hydrogens is 204 g/mol. The largest absolute Gasteiger partial charge is 0.476 e. The number of nitrogen functional groups attached to an aromatic ring is 1. The SMILES string of the molecule is CCN(CC)CCOc1cc(N)nc(C)n1. The first kappa shape index (κ1) is 12.7. The highest BCUT2D eigenvalue weighted by Crippen LogP contribution is 2.10. The molecule has 0 fully saturated rings. The lowest BCUT2D eigenvalue weighted by atomic mass is 10.5. The smallest absolute Gasteiger partial charge is 0.218 e. The van der Waals surface area contributed by atoms with E-state index in [1.54, 1.807) is 13.0 Å². The number of anilines is 1. The Bertz CT molecular complexity index is 306. The number of aryl methyl sites for hydroxylation is 1. The zero-order chi connectivity index (χ0) is 12.0. The van der Waals surface area contributed by atoms with E-state index in [1.165, 1.54) is 0 Å². The Morgan fingerprint density at radius 2 is 2.00 bits per heavy atom. The van der Waals surface area contributed by atoms with Crippen molar-refractivity contribution in [2.24, 2.45) is 0 Å². The summed E-state index contributed by atoms with van der Waals surface area (Å²) in [5.41, 5.74) is 5.60. The van der Waals surface area contributed by atoms with Gasteiger partial charge in [-0.25, -0.2) is 4.98 Å². The van der Waals surface area contributed by atoms with E-state index in [2.05, 4.69) is 28.7 Å². The molecule has 0 aliphatic rings. The highest BCUT2D eigenvalue weighted by Gasteiger charge is 2.02. The average Bonchev–Trinajstić information content (AvgIpc) is 2.23. The zero-order valence-electron chi connectivity index (χ0n) is 10.2. The average molecular weight is 224 g/mol. The van der Waals surface area contributed by atoms with Gasteiger partial charge in [0.05, 0.1) is 0 Å². The van der Waals surface area contributed by atoms with Crippen molar-refractivity contribution in [3.05, 3.63) is 11.9 Å². The standard InChI is InChI=1S/C11H20N4O/c1-4-15(5-2)6-7-16-11-8-10(12)13-9(3)14-11/h8H,4-7H2,1-3H3,(H2,12,13,14). The molecule has 1 rings (SSSR count). The van der Waals surface area contributed by atoms with Crippen LogP contribution >= 0.6 is 0 Å². The van der Waals surface area contributed by atoms with Gasteiger partial charge in [-0.15, -0.1) is 0 Å². The van der Waals surface area contributed by atoms with Crippen LogP contribution in [0, 0.1) is 6.92 Å².